The number of nitrogens with zero attached hydrogens (tertiary/aromatic N) is 6. The first kappa shape index (κ1) is 80.6. The van der Waals surface area contributed by atoms with Gasteiger partial charge in [-0.2, -0.15) is 26.3 Å². The minimum atomic E-state index is -5.15. The largest absolute Gasteiger partial charge is 0.446 e. The second kappa shape index (κ2) is 35.6. The Hall–Kier alpha value is -8.13. The Morgan fingerprint density at radius 3 is 1.78 bits per heavy atom. The number of benzene rings is 7. The second-order valence-corrected chi connectivity index (χ2v) is 26.6. The van der Waals surface area contributed by atoms with Gasteiger partial charge >= 0.3 is 18.4 Å². The van der Waals surface area contributed by atoms with E-state index in [1.165, 1.54) is 24.3 Å². The molecule has 3 saturated heterocycles. The maximum absolute atomic E-state index is 14.3. The SMILES string of the molecule is CN(CCCN(C)C(=O)c1ccc(CNCc2ccc(C(=O)N(C)CCN3CCC(OC(=O)Nc4ccccc4-c4ccccc4)CC3)cc2)cc1)C(=O)CO[C@H]1Cc2ccccc2C12CCN(CC[C@@]1(c3ccc(F)cc3)CN(C(=O)c3cc(C(F)(F)F)cc(C(F)(F)F)c3)CO1)CC2.Cl.Cl.Cl. The van der Waals surface area contributed by atoms with Crippen LogP contribution in [0.25, 0.3) is 11.1 Å². The lowest BCUT2D eigenvalue weighted by Gasteiger charge is -2.44. The third-order valence-electron chi connectivity index (χ3n) is 20.0. The van der Waals surface area contributed by atoms with Crippen LogP contribution in [0.2, 0.25) is 0 Å². The number of para-hydroxylation sites is 1. The Balaban J connectivity index is 0.00000448. The van der Waals surface area contributed by atoms with Gasteiger partial charge in [0.2, 0.25) is 5.91 Å². The molecule has 16 nitrogen and oxygen atoms in total. The van der Waals surface area contributed by atoms with Crippen LogP contribution >= 0.6 is 37.2 Å². The molecule has 2 N–H and O–H groups in total. The van der Waals surface area contributed by atoms with E-state index >= 15 is 0 Å². The lowest BCUT2D eigenvalue weighted by Crippen LogP contribution is -2.50. The second-order valence-electron chi connectivity index (χ2n) is 26.6. The molecule has 0 unspecified atom stereocenters. The van der Waals surface area contributed by atoms with Crippen LogP contribution in [-0.4, -0.2) is 171 Å². The molecule has 552 valence electrons. The Labute approximate surface area is 614 Å². The number of hydrogen-bond acceptors (Lipinski definition) is 11. The maximum Gasteiger partial charge on any atom is 0.416 e. The molecule has 1 aliphatic carbocycles. The summed E-state index contributed by atoms with van der Waals surface area (Å²) in [5, 5.41) is 6.38. The third-order valence-corrected chi connectivity index (χ3v) is 20.0. The van der Waals surface area contributed by atoms with E-state index in [2.05, 4.69) is 32.6 Å². The van der Waals surface area contributed by atoms with Crippen molar-refractivity contribution in [1.82, 2.24) is 34.7 Å². The molecule has 4 aliphatic rings. The van der Waals surface area contributed by atoms with Crippen LogP contribution in [0.3, 0.4) is 0 Å². The van der Waals surface area contributed by atoms with Crippen molar-refractivity contribution in [3.05, 3.63) is 231 Å². The van der Waals surface area contributed by atoms with Gasteiger partial charge in [0.15, 0.2) is 0 Å². The summed E-state index contributed by atoms with van der Waals surface area (Å²) in [5.41, 5.74) is 2.87. The molecule has 7 aromatic carbocycles. The van der Waals surface area contributed by atoms with Crippen LogP contribution in [0.15, 0.2) is 170 Å². The molecule has 0 saturated carbocycles. The van der Waals surface area contributed by atoms with Crippen molar-refractivity contribution in [1.29, 1.82) is 0 Å². The molecule has 2 atom stereocenters. The number of carbonyl (C=O) groups excluding carboxylic acids is 5. The molecule has 103 heavy (non-hydrogen) atoms. The van der Waals surface area contributed by atoms with Crippen molar-refractivity contribution in [2.75, 3.05) is 105 Å². The van der Waals surface area contributed by atoms with Crippen LogP contribution in [0.1, 0.15) is 109 Å². The number of likely N-dealkylation sites (N-methyl/N-ethyl adjacent to an activating group) is 2. The zero-order valence-corrected chi connectivity index (χ0v) is 59.9. The zero-order chi connectivity index (χ0) is 70.8. The molecule has 5 amide bonds. The number of carbonyl (C=O) groups is 5. The van der Waals surface area contributed by atoms with Crippen molar-refractivity contribution in [2.45, 2.75) is 93.6 Å². The number of fused-ring (bicyclic) bond motifs is 2. The molecule has 3 fully saturated rings. The van der Waals surface area contributed by atoms with E-state index in [9.17, 15) is 54.7 Å². The van der Waals surface area contributed by atoms with Crippen molar-refractivity contribution >= 4 is 72.6 Å². The average Bonchev–Trinajstić information content (AvgIpc) is 1.63. The molecule has 26 heteroatoms. The van der Waals surface area contributed by atoms with Crippen LogP contribution in [0.5, 0.6) is 0 Å². The third kappa shape index (κ3) is 20.0. The Kier molecular flexibility index (Phi) is 27.8. The number of anilines is 1. The van der Waals surface area contributed by atoms with E-state index in [1.807, 2.05) is 110 Å². The summed E-state index contributed by atoms with van der Waals surface area (Å²) in [5.74, 6) is -2.01. The van der Waals surface area contributed by atoms with Crippen LogP contribution in [-0.2, 0) is 61.9 Å². The minimum Gasteiger partial charge on any atom is -0.446 e. The van der Waals surface area contributed by atoms with E-state index in [0.29, 0.717) is 132 Å². The van der Waals surface area contributed by atoms with Gasteiger partial charge in [0, 0.05) is 108 Å². The first-order chi connectivity index (χ1) is 47.9. The fourth-order valence-electron chi connectivity index (χ4n) is 14.1. The number of hydrogen-bond donors (Lipinski definition) is 2. The van der Waals surface area contributed by atoms with E-state index in [4.69, 9.17) is 14.2 Å². The lowest BCUT2D eigenvalue weighted by atomic mass is 9.72. The molecular weight excluding hydrogens is 1400 g/mol. The normalized spacial score (nSPS) is 17.5. The summed E-state index contributed by atoms with van der Waals surface area (Å²) in [6, 6.07) is 46.9. The van der Waals surface area contributed by atoms with Crippen molar-refractivity contribution in [2.24, 2.45) is 0 Å². The van der Waals surface area contributed by atoms with Gasteiger partial charge in [-0.05, 0) is 152 Å². The summed E-state index contributed by atoms with van der Waals surface area (Å²) in [6.45, 7) is 5.53. The fraction of sp³-hybridized carbons (Fsp3) is 0.390. The molecule has 0 bridgehead atoms. The van der Waals surface area contributed by atoms with Crippen LogP contribution < -0.4 is 10.6 Å². The van der Waals surface area contributed by atoms with Crippen LogP contribution in [0.4, 0.5) is 41.2 Å². The van der Waals surface area contributed by atoms with Gasteiger partial charge in [0.05, 0.1) is 29.5 Å². The summed E-state index contributed by atoms with van der Waals surface area (Å²) in [4.78, 5) is 77.9. The fourth-order valence-corrected chi connectivity index (χ4v) is 14.1. The van der Waals surface area contributed by atoms with Gasteiger partial charge in [-0.3, -0.25) is 24.5 Å². The van der Waals surface area contributed by atoms with Gasteiger partial charge in [0.1, 0.15) is 30.9 Å². The predicted molar refractivity (Wildman–Crippen MR) is 386 cm³/mol. The smallest absolute Gasteiger partial charge is 0.416 e. The number of alkyl halides is 6. The summed E-state index contributed by atoms with van der Waals surface area (Å²) < 4.78 is 116. The molecular formula is C77H86Cl3F7N8O8. The molecule has 3 heterocycles. The summed E-state index contributed by atoms with van der Waals surface area (Å²) in [7, 11) is 5.26. The molecule has 0 radical (unpaired) electrons. The molecule has 1 spiro atoms. The highest BCUT2D eigenvalue weighted by Gasteiger charge is 2.50. The molecule has 11 rings (SSSR count). The number of likely N-dealkylation sites (tertiary alicyclic amines) is 2. The monoisotopic (exact) mass is 1490 g/mol. The Bertz CT molecular complexity index is 3970. The minimum absolute atomic E-state index is 0. The number of piperidine rings is 2. The highest BCUT2D eigenvalue weighted by molar-refractivity contribution is 5.96. The number of nitrogens with one attached hydrogen (secondary N) is 2. The lowest BCUT2D eigenvalue weighted by molar-refractivity contribution is -0.143. The summed E-state index contributed by atoms with van der Waals surface area (Å²) >= 11 is 0. The van der Waals surface area contributed by atoms with Gasteiger partial charge in [-0.25, -0.2) is 9.18 Å². The maximum atomic E-state index is 14.3. The first-order valence-corrected chi connectivity index (χ1v) is 33.8. The molecule has 0 aromatic heterocycles. The van der Waals surface area contributed by atoms with Gasteiger partial charge in [0.25, 0.3) is 17.7 Å². The zero-order valence-electron chi connectivity index (χ0n) is 57.5. The summed E-state index contributed by atoms with van der Waals surface area (Å²) in [6.07, 6.45) is -7.13. The van der Waals surface area contributed by atoms with E-state index in [0.717, 1.165) is 51.4 Å². The topological polar surface area (TPSA) is 157 Å². The quantitative estimate of drug-likeness (QED) is 0.0555. The van der Waals surface area contributed by atoms with Gasteiger partial charge in [-0.1, -0.05) is 109 Å². The highest BCUT2D eigenvalue weighted by atomic mass is 35.5. The average molecular weight is 1490 g/mol. The van der Waals surface area contributed by atoms with Crippen molar-refractivity contribution in [3.8, 4) is 11.1 Å². The van der Waals surface area contributed by atoms with E-state index < -0.39 is 64.6 Å². The number of halogens is 10. The molecule has 7 aromatic rings. The number of ether oxygens (including phenoxy) is 3. The first-order valence-electron chi connectivity index (χ1n) is 33.8. The predicted octanol–water partition coefficient (Wildman–Crippen LogP) is 14.2. The highest BCUT2D eigenvalue weighted by Crippen LogP contribution is 2.49. The van der Waals surface area contributed by atoms with E-state index in [1.54, 1.807) is 40.9 Å². The Morgan fingerprint density at radius 1 is 0.612 bits per heavy atom. The van der Waals surface area contributed by atoms with Gasteiger partial charge < -0.3 is 48.9 Å². The standard InChI is InChI=1S/C77H83F7N8O8.3ClH/c1-87(69(93)50-98-68-46-58-14-7-9-16-66(58)74(68)32-39-91(40-33-74)41-34-75(60-26-28-63(78)29-27-60)51-92(52-99-75)72(96)59-44-61(76(79,80)81)47-62(45-59)77(82,83)84)35-11-36-88(2)70(94)56-22-18-53(19-23-56)48-85-49-54-20-24-57(25-21-54)71(95)89(3)42-43-90-37-30-64(31-38-90)100-73(97)86-67-17-10-8-15-65(67)55-12-5-4-6-13-55;;;/h4-10,12-29,44-45,47,64,68,85H,11,30-43,46,48-52H2,1-3H3,(H,86,97);3*1H/t68-,75-;;;/m0.../s1. The Morgan fingerprint density at radius 2 is 1.17 bits per heavy atom. The number of rotatable bonds is 24. The van der Waals surface area contributed by atoms with Gasteiger partial charge in [-0.15, -0.1) is 37.2 Å². The number of amides is 5. The van der Waals surface area contributed by atoms with Crippen LogP contribution in [0, 0.1) is 5.82 Å². The van der Waals surface area contributed by atoms with Crippen molar-refractivity contribution < 1.29 is 68.9 Å². The van der Waals surface area contributed by atoms with Crippen molar-refractivity contribution in [3.63, 3.8) is 0 Å². The molecule has 3 aliphatic heterocycles. The van der Waals surface area contributed by atoms with E-state index in [-0.39, 0.29) is 92.8 Å².